The second-order valence-corrected chi connectivity index (χ2v) is 5.82. The van der Waals surface area contributed by atoms with Crippen molar-refractivity contribution in [3.05, 3.63) is 77.5 Å². The summed E-state index contributed by atoms with van der Waals surface area (Å²) in [6, 6.07) is 18.8. The molecule has 0 saturated carbocycles. The third-order valence-electron chi connectivity index (χ3n) is 3.97. The molecule has 6 nitrogen and oxygen atoms in total. The lowest BCUT2D eigenvalue weighted by atomic mass is 10.1. The summed E-state index contributed by atoms with van der Waals surface area (Å²) in [5.41, 5.74) is 2.62. The van der Waals surface area contributed by atoms with E-state index in [1.54, 1.807) is 24.1 Å². The lowest BCUT2D eigenvalue weighted by Crippen LogP contribution is -2.00. The number of ether oxygens (including phenoxy) is 1. The number of benzene rings is 2. The molecule has 0 saturated heterocycles. The van der Waals surface area contributed by atoms with E-state index in [0.717, 1.165) is 11.1 Å². The number of methoxy groups -OCH3 is 1. The van der Waals surface area contributed by atoms with Gasteiger partial charge in [0.15, 0.2) is 0 Å². The highest BCUT2D eigenvalue weighted by Crippen LogP contribution is 2.27. The van der Waals surface area contributed by atoms with E-state index in [1.165, 1.54) is 6.08 Å². The Morgan fingerprint density at radius 3 is 2.70 bits per heavy atom. The van der Waals surface area contributed by atoms with E-state index < -0.39 is 5.97 Å². The van der Waals surface area contributed by atoms with Crippen molar-refractivity contribution in [2.45, 2.75) is 6.54 Å². The highest BCUT2D eigenvalue weighted by atomic mass is 16.5. The van der Waals surface area contributed by atoms with Crippen LogP contribution in [0, 0.1) is 11.3 Å². The zero-order chi connectivity index (χ0) is 19.2. The summed E-state index contributed by atoms with van der Waals surface area (Å²) in [6.45, 7) is 0.528. The number of carboxylic acid groups (broad SMARTS) is 1. The van der Waals surface area contributed by atoms with Gasteiger partial charge in [-0.1, -0.05) is 42.5 Å². The highest BCUT2D eigenvalue weighted by molar-refractivity contribution is 5.97. The summed E-state index contributed by atoms with van der Waals surface area (Å²) in [7, 11) is 1.58. The smallest absolute Gasteiger partial charge is 0.346 e. The van der Waals surface area contributed by atoms with Crippen LogP contribution in [0.25, 0.3) is 17.3 Å². The standard InChI is InChI=1S/C21H17N3O3/c1-27-19-9-5-8-16(11-19)20-18(10-17(12-22)21(25)26)14-24(23-20)13-15-6-3-2-4-7-15/h2-11,14H,13H2,1H3,(H,25,26)/b17-10+. The molecule has 0 bridgehead atoms. The zero-order valence-corrected chi connectivity index (χ0v) is 14.7. The number of rotatable bonds is 6. The monoisotopic (exact) mass is 359 g/mol. The van der Waals surface area contributed by atoms with E-state index in [-0.39, 0.29) is 5.57 Å². The van der Waals surface area contributed by atoms with Gasteiger partial charge in [0.1, 0.15) is 17.4 Å². The van der Waals surface area contributed by atoms with Crippen LogP contribution in [-0.4, -0.2) is 28.0 Å². The predicted molar refractivity (Wildman–Crippen MR) is 101 cm³/mol. The van der Waals surface area contributed by atoms with Crippen molar-refractivity contribution >= 4 is 12.0 Å². The van der Waals surface area contributed by atoms with Crippen molar-refractivity contribution in [3.8, 4) is 23.1 Å². The number of hydrogen-bond acceptors (Lipinski definition) is 4. The molecular formula is C21H17N3O3. The van der Waals surface area contributed by atoms with Gasteiger partial charge >= 0.3 is 5.97 Å². The molecule has 0 spiro atoms. The second kappa shape index (κ2) is 8.02. The summed E-state index contributed by atoms with van der Waals surface area (Å²) in [5.74, 6) is -0.608. The van der Waals surface area contributed by atoms with Crippen LogP contribution >= 0.6 is 0 Å². The number of aliphatic carboxylic acids is 1. The van der Waals surface area contributed by atoms with Gasteiger partial charge in [-0.2, -0.15) is 10.4 Å². The molecule has 1 N–H and O–H groups in total. The molecule has 0 radical (unpaired) electrons. The van der Waals surface area contributed by atoms with Gasteiger partial charge in [-0.05, 0) is 23.8 Å². The fraction of sp³-hybridized carbons (Fsp3) is 0.0952. The van der Waals surface area contributed by atoms with Gasteiger partial charge in [0, 0.05) is 17.3 Å². The van der Waals surface area contributed by atoms with Gasteiger partial charge in [-0.25, -0.2) is 4.79 Å². The number of carboxylic acids is 1. The summed E-state index contributed by atoms with van der Waals surface area (Å²) in [6.07, 6.45) is 3.08. The molecule has 2 aromatic carbocycles. The van der Waals surface area contributed by atoms with Gasteiger partial charge in [0.05, 0.1) is 19.3 Å². The Morgan fingerprint density at radius 2 is 2.04 bits per heavy atom. The van der Waals surface area contributed by atoms with Crippen LogP contribution in [0.4, 0.5) is 0 Å². The molecule has 0 unspecified atom stereocenters. The molecule has 6 heteroatoms. The van der Waals surface area contributed by atoms with Crippen LogP contribution in [0.5, 0.6) is 5.75 Å². The Balaban J connectivity index is 2.09. The summed E-state index contributed by atoms with van der Waals surface area (Å²) in [4.78, 5) is 11.2. The normalized spacial score (nSPS) is 11.0. The molecule has 1 heterocycles. The Bertz CT molecular complexity index is 1030. The van der Waals surface area contributed by atoms with Gasteiger partial charge in [0.2, 0.25) is 0 Å². The van der Waals surface area contributed by atoms with Crippen LogP contribution in [0.2, 0.25) is 0 Å². The molecule has 0 amide bonds. The lowest BCUT2D eigenvalue weighted by molar-refractivity contribution is -0.132. The van der Waals surface area contributed by atoms with Crippen LogP contribution in [-0.2, 0) is 11.3 Å². The molecule has 3 aromatic rings. The number of nitriles is 1. The topological polar surface area (TPSA) is 88.1 Å². The minimum atomic E-state index is -1.27. The molecule has 1 aromatic heterocycles. The molecular weight excluding hydrogens is 342 g/mol. The maximum Gasteiger partial charge on any atom is 0.346 e. The van der Waals surface area contributed by atoms with E-state index in [4.69, 9.17) is 10.00 Å². The Morgan fingerprint density at radius 1 is 1.26 bits per heavy atom. The van der Waals surface area contributed by atoms with E-state index in [9.17, 15) is 9.90 Å². The van der Waals surface area contributed by atoms with Crippen molar-refractivity contribution < 1.29 is 14.6 Å². The highest BCUT2D eigenvalue weighted by Gasteiger charge is 2.14. The average Bonchev–Trinajstić information content (AvgIpc) is 3.09. The Labute approximate surface area is 156 Å². The number of hydrogen-bond donors (Lipinski definition) is 1. The first kappa shape index (κ1) is 18.0. The summed E-state index contributed by atoms with van der Waals surface area (Å²) >= 11 is 0. The van der Waals surface area contributed by atoms with Crippen molar-refractivity contribution in [2.75, 3.05) is 7.11 Å². The Hall–Kier alpha value is -3.85. The van der Waals surface area contributed by atoms with E-state index >= 15 is 0 Å². The first-order chi connectivity index (χ1) is 13.1. The van der Waals surface area contributed by atoms with Crippen molar-refractivity contribution in [1.82, 2.24) is 9.78 Å². The Kier molecular flexibility index (Phi) is 5.33. The van der Waals surface area contributed by atoms with Crippen LogP contribution in [0.3, 0.4) is 0 Å². The largest absolute Gasteiger partial charge is 0.497 e. The third-order valence-corrected chi connectivity index (χ3v) is 3.97. The first-order valence-corrected chi connectivity index (χ1v) is 8.21. The average molecular weight is 359 g/mol. The zero-order valence-electron chi connectivity index (χ0n) is 14.7. The maximum absolute atomic E-state index is 11.2. The predicted octanol–water partition coefficient (Wildman–Crippen LogP) is 3.60. The first-order valence-electron chi connectivity index (χ1n) is 8.21. The number of aromatic nitrogens is 2. The molecule has 0 aliphatic heterocycles. The molecule has 3 rings (SSSR count). The van der Waals surface area contributed by atoms with Crippen molar-refractivity contribution in [1.29, 1.82) is 5.26 Å². The fourth-order valence-corrected chi connectivity index (χ4v) is 2.69. The number of nitrogens with zero attached hydrogens (tertiary/aromatic N) is 3. The van der Waals surface area contributed by atoms with E-state index in [1.807, 2.05) is 54.6 Å². The molecule has 0 atom stereocenters. The van der Waals surface area contributed by atoms with Gasteiger partial charge in [0.25, 0.3) is 0 Å². The van der Waals surface area contributed by atoms with Crippen LogP contribution in [0.15, 0.2) is 66.4 Å². The number of carbonyl (C=O) groups is 1. The lowest BCUT2D eigenvalue weighted by Gasteiger charge is -2.04. The maximum atomic E-state index is 11.2. The van der Waals surface area contributed by atoms with Crippen molar-refractivity contribution in [3.63, 3.8) is 0 Å². The van der Waals surface area contributed by atoms with E-state index in [2.05, 4.69) is 5.10 Å². The SMILES string of the molecule is COc1cccc(-c2nn(Cc3ccccc3)cc2/C=C(\C#N)C(=O)O)c1. The van der Waals surface area contributed by atoms with Gasteiger partial charge in [-0.15, -0.1) is 0 Å². The van der Waals surface area contributed by atoms with Gasteiger partial charge in [-0.3, -0.25) is 4.68 Å². The van der Waals surface area contributed by atoms with E-state index in [0.29, 0.717) is 23.6 Å². The summed E-state index contributed by atoms with van der Waals surface area (Å²) < 4.78 is 6.99. The molecule has 0 fully saturated rings. The van der Waals surface area contributed by atoms with Crippen molar-refractivity contribution in [2.24, 2.45) is 0 Å². The molecule has 134 valence electrons. The summed E-state index contributed by atoms with van der Waals surface area (Å²) in [5, 5.41) is 22.9. The van der Waals surface area contributed by atoms with Gasteiger partial charge < -0.3 is 9.84 Å². The van der Waals surface area contributed by atoms with Crippen LogP contribution < -0.4 is 4.74 Å². The molecule has 0 aliphatic carbocycles. The second-order valence-electron chi connectivity index (χ2n) is 5.82. The molecule has 0 aliphatic rings. The third kappa shape index (κ3) is 4.22. The fourth-order valence-electron chi connectivity index (χ4n) is 2.69. The molecule has 27 heavy (non-hydrogen) atoms. The quantitative estimate of drug-likeness (QED) is 0.537. The van der Waals surface area contributed by atoms with Crippen LogP contribution in [0.1, 0.15) is 11.1 Å². The minimum absolute atomic E-state index is 0.349. The minimum Gasteiger partial charge on any atom is -0.497 e.